The molecule has 0 spiro atoms. The summed E-state index contributed by atoms with van der Waals surface area (Å²) in [6, 6.07) is 5.64. The van der Waals surface area contributed by atoms with Crippen molar-refractivity contribution in [2.75, 3.05) is 6.54 Å². The molecule has 1 aromatic heterocycles. The maximum absolute atomic E-state index is 11.2. The Morgan fingerprint density at radius 2 is 2.22 bits per heavy atom. The summed E-state index contributed by atoms with van der Waals surface area (Å²) >= 11 is 1.61. The Hall–Kier alpha value is -1.46. The summed E-state index contributed by atoms with van der Waals surface area (Å²) in [5, 5.41) is 10.2. The molecule has 0 aliphatic carbocycles. The van der Waals surface area contributed by atoms with Gasteiger partial charge in [0.25, 0.3) is 0 Å². The third-order valence-corrected chi connectivity index (χ3v) is 4.19. The minimum Gasteiger partial charge on any atom is -0.481 e. The monoisotopic (exact) mass is 264 g/mol. The van der Waals surface area contributed by atoms with Crippen molar-refractivity contribution in [1.82, 2.24) is 4.98 Å². The van der Waals surface area contributed by atoms with Crippen LogP contribution in [-0.4, -0.2) is 22.6 Å². The number of hydrogen-bond acceptors (Lipinski definition) is 4. The predicted molar refractivity (Wildman–Crippen MR) is 73.1 cm³/mol. The van der Waals surface area contributed by atoms with Crippen molar-refractivity contribution in [2.45, 2.75) is 25.7 Å². The Morgan fingerprint density at radius 3 is 2.78 bits per heavy atom. The van der Waals surface area contributed by atoms with E-state index in [1.54, 1.807) is 17.4 Å². The number of para-hydroxylation sites is 1. The van der Waals surface area contributed by atoms with E-state index in [9.17, 15) is 9.90 Å². The van der Waals surface area contributed by atoms with Gasteiger partial charge >= 0.3 is 5.97 Å². The van der Waals surface area contributed by atoms with Crippen LogP contribution in [0.5, 0.6) is 0 Å². The van der Waals surface area contributed by atoms with Crippen LogP contribution in [0.25, 0.3) is 10.2 Å². The van der Waals surface area contributed by atoms with Crippen LogP contribution in [0.15, 0.2) is 18.2 Å². The van der Waals surface area contributed by atoms with E-state index in [0.29, 0.717) is 11.5 Å². The van der Waals surface area contributed by atoms with E-state index in [-0.39, 0.29) is 6.54 Å². The molecule has 1 atom stereocenters. The smallest absolute Gasteiger partial charge is 0.312 e. The number of hydrogen-bond donors (Lipinski definition) is 2. The molecule has 0 amide bonds. The molecular weight excluding hydrogens is 248 g/mol. The molecule has 1 aromatic carbocycles. The molecule has 0 saturated carbocycles. The molecule has 18 heavy (non-hydrogen) atoms. The van der Waals surface area contributed by atoms with Crippen LogP contribution >= 0.6 is 11.3 Å². The number of aromatic nitrogens is 1. The Labute approximate surface area is 109 Å². The average Bonchev–Trinajstić information content (AvgIpc) is 2.74. The lowest BCUT2D eigenvalue weighted by Crippen LogP contribution is -2.21. The van der Waals surface area contributed by atoms with Crippen molar-refractivity contribution in [1.29, 1.82) is 0 Å². The lowest BCUT2D eigenvalue weighted by Gasteiger charge is -2.10. The number of aliphatic carboxylic acids is 1. The van der Waals surface area contributed by atoms with Crippen molar-refractivity contribution in [3.05, 3.63) is 28.8 Å². The fourth-order valence-corrected chi connectivity index (χ4v) is 2.88. The number of thiazole rings is 1. The maximum Gasteiger partial charge on any atom is 0.312 e. The first-order valence-electron chi connectivity index (χ1n) is 5.86. The highest BCUT2D eigenvalue weighted by Crippen LogP contribution is 2.32. The molecule has 4 nitrogen and oxygen atoms in total. The second kappa shape index (κ2) is 5.04. The van der Waals surface area contributed by atoms with Gasteiger partial charge in [0.1, 0.15) is 0 Å². The number of carboxylic acids is 1. The number of nitrogens with zero attached hydrogens (tertiary/aromatic N) is 1. The van der Waals surface area contributed by atoms with Crippen LogP contribution in [0.1, 0.15) is 36.3 Å². The first-order chi connectivity index (χ1) is 8.54. The Bertz CT molecular complexity index is 577. The second-order valence-corrected chi connectivity index (χ2v) is 5.59. The fourth-order valence-electron chi connectivity index (χ4n) is 1.88. The Kier molecular flexibility index (Phi) is 3.63. The van der Waals surface area contributed by atoms with Gasteiger partial charge in [-0.1, -0.05) is 26.0 Å². The number of carboxylic acid groups (broad SMARTS) is 1. The highest BCUT2D eigenvalue weighted by Gasteiger charge is 2.22. The largest absolute Gasteiger partial charge is 0.481 e. The summed E-state index contributed by atoms with van der Waals surface area (Å²) in [6.45, 7) is 4.24. The van der Waals surface area contributed by atoms with Gasteiger partial charge in [-0.2, -0.15) is 0 Å². The summed E-state index contributed by atoms with van der Waals surface area (Å²) in [6.07, 6.45) is 0. The van der Waals surface area contributed by atoms with Crippen LogP contribution in [0.3, 0.4) is 0 Å². The van der Waals surface area contributed by atoms with Gasteiger partial charge in [-0.15, -0.1) is 11.3 Å². The van der Waals surface area contributed by atoms with E-state index >= 15 is 0 Å². The van der Waals surface area contributed by atoms with Crippen LogP contribution in [0, 0.1) is 0 Å². The molecule has 96 valence electrons. The van der Waals surface area contributed by atoms with E-state index < -0.39 is 11.9 Å². The summed E-state index contributed by atoms with van der Waals surface area (Å²) < 4.78 is 1.02. The van der Waals surface area contributed by atoms with Crippen LogP contribution in [0.2, 0.25) is 0 Å². The van der Waals surface area contributed by atoms with Crippen molar-refractivity contribution < 1.29 is 9.90 Å². The van der Waals surface area contributed by atoms with Crippen molar-refractivity contribution in [3.63, 3.8) is 0 Å². The summed E-state index contributed by atoms with van der Waals surface area (Å²) in [4.78, 5) is 15.8. The third-order valence-electron chi connectivity index (χ3n) is 2.87. The van der Waals surface area contributed by atoms with E-state index in [1.165, 1.54) is 0 Å². The highest BCUT2D eigenvalue weighted by molar-refractivity contribution is 7.18. The minimum absolute atomic E-state index is 0.0863. The fraction of sp³-hybridized carbons (Fsp3) is 0.385. The third kappa shape index (κ3) is 2.23. The minimum atomic E-state index is -0.899. The number of nitrogens with two attached hydrogens (primary N) is 1. The van der Waals surface area contributed by atoms with Gasteiger partial charge in [-0.3, -0.25) is 4.79 Å². The highest BCUT2D eigenvalue weighted by atomic mass is 32.1. The van der Waals surface area contributed by atoms with Gasteiger partial charge < -0.3 is 10.8 Å². The standard InChI is InChI=1S/C13H16N2O2S/c1-7(2)12-15-11-8(9(6-14)13(16)17)4-3-5-10(11)18-12/h3-5,7,9H,6,14H2,1-2H3,(H,16,17). The van der Waals surface area contributed by atoms with Gasteiger partial charge in [0, 0.05) is 12.5 Å². The number of carbonyl (C=O) groups is 1. The van der Waals surface area contributed by atoms with E-state index in [4.69, 9.17) is 5.73 Å². The number of rotatable bonds is 4. The van der Waals surface area contributed by atoms with Crippen LogP contribution in [-0.2, 0) is 4.79 Å². The average molecular weight is 264 g/mol. The molecule has 0 aliphatic rings. The van der Waals surface area contributed by atoms with Gasteiger partial charge in [-0.05, 0) is 11.6 Å². The Morgan fingerprint density at radius 1 is 1.50 bits per heavy atom. The molecule has 0 radical (unpaired) electrons. The molecule has 2 rings (SSSR count). The molecule has 5 heteroatoms. The molecular formula is C13H16N2O2S. The van der Waals surface area contributed by atoms with E-state index in [1.807, 2.05) is 12.1 Å². The number of benzene rings is 1. The predicted octanol–water partition coefficient (Wildman–Crippen LogP) is 2.55. The van der Waals surface area contributed by atoms with Crippen molar-refractivity contribution in [2.24, 2.45) is 5.73 Å². The lowest BCUT2D eigenvalue weighted by atomic mass is 9.98. The molecule has 3 N–H and O–H groups in total. The molecule has 2 aromatic rings. The van der Waals surface area contributed by atoms with Gasteiger partial charge in [0.2, 0.25) is 0 Å². The molecule has 0 saturated heterocycles. The Balaban J connectivity index is 2.60. The molecule has 0 fully saturated rings. The second-order valence-electron chi connectivity index (χ2n) is 4.53. The zero-order valence-corrected chi connectivity index (χ0v) is 11.2. The molecule has 0 bridgehead atoms. The normalized spacial score (nSPS) is 13.1. The first kappa shape index (κ1) is 13.0. The van der Waals surface area contributed by atoms with Gasteiger partial charge in [-0.25, -0.2) is 4.98 Å². The van der Waals surface area contributed by atoms with E-state index in [0.717, 1.165) is 15.2 Å². The van der Waals surface area contributed by atoms with Crippen molar-refractivity contribution >= 4 is 27.5 Å². The topological polar surface area (TPSA) is 76.2 Å². The zero-order chi connectivity index (χ0) is 13.3. The molecule has 1 unspecified atom stereocenters. The summed E-state index contributed by atoms with van der Waals surface area (Å²) in [5.74, 6) is -1.24. The first-order valence-corrected chi connectivity index (χ1v) is 6.68. The van der Waals surface area contributed by atoms with E-state index in [2.05, 4.69) is 18.8 Å². The summed E-state index contributed by atoms with van der Waals surface area (Å²) in [5.41, 5.74) is 7.05. The SMILES string of the molecule is CC(C)c1nc2c(C(CN)C(=O)O)cccc2s1. The maximum atomic E-state index is 11.2. The van der Waals surface area contributed by atoms with Gasteiger partial charge in [0.05, 0.1) is 21.1 Å². The summed E-state index contributed by atoms with van der Waals surface area (Å²) in [7, 11) is 0. The lowest BCUT2D eigenvalue weighted by molar-refractivity contribution is -0.138. The van der Waals surface area contributed by atoms with Crippen LogP contribution < -0.4 is 5.73 Å². The zero-order valence-electron chi connectivity index (χ0n) is 10.4. The van der Waals surface area contributed by atoms with Crippen LogP contribution in [0.4, 0.5) is 0 Å². The molecule has 0 aliphatic heterocycles. The molecule has 1 heterocycles. The quantitative estimate of drug-likeness (QED) is 0.889. The number of fused-ring (bicyclic) bond motifs is 1. The van der Waals surface area contributed by atoms with Gasteiger partial charge in [0.15, 0.2) is 0 Å². The van der Waals surface area contributed by atoms with Crippen molar-refractivity contribution in [3.8, 4) is 0 Å².